The fourth-order valence-electron chi connectivity index (χ4n) is 7.20. The third-order valence-corrected chi connectivity index (χ3v) is 9.26. The molecule has 44 heavy (non-hydrogen) atoms. The Morgan fingerprint density at radius 2 is 2.07 bits per heavy atom. The minimum absolute atomic E-state index is 0.0506. The summed E-state index contributed by atoms with van der Waals surface area (Å²) in [5.74, 6) is 0.496. The number of halogens is 2. The first-order valence-corrected chi connectivity index (χ1v) is 14.7. The Labute approximate surface area is 249 Å². The van der Waals surface area contributed by atoms with Crippen molar-refractivity contribution in [3.8, 4) is 23.1 Å². The molecule has 0 unspecified atom stereocenters. The van der Waals surface area contributed by atoms with Gasteiger partial charge in [0.25, 0.3) is 0 Å². The summed E-state index contributed by atoms with van der Waals surface area (Å²) in [6.45, 7) is 4.51. The number of aromatic nitrogens is 5. The van der Waals surface area contributed by atoms with Crippen LogP contribution < -0.4 is 15.3 Å². The SMILES string of the molecule is Cc1c(-c2cc(O)cc3cccc(F)c23)oc(=O)c2c(N3CCn4ncnc4C3)nc(OC[C@@]34CCCN3C[C@H](F)C4)nc12. The summed E-state index contributed by atoms with van der Waals surface area (Å²) in [5.41, 5.74) is -0.171. The lowest BCUT2D eigenvalue weighted by molar-refractivity contribution is 0.107. The molecular weight excluding hydrogens is 572 g/mol. The van der Waals surface area contributed by atoms with Crippen molar-refractivity contribution in [3.63, 3.8) is 0 Å². The van der Waals surface area contributed by atoms with Gasteiger partial charge in [0.2, 0.25) is 0 Å². The Hall–Kier alpha value is -4.65. The molecule has 2 fully saturated rings. The zero-order valence-corrected chi connectivity index (χ0v) is 24.0. The molecule has 11 nitrogen and oxygen atoms in total. The van der Waals surface area contributed by atoms with Gasteiger partial charge in [-0.1, -0.05) is 12.1 Å². The minimum atomic E-state index is -0.912. The molecule has 0 saturated carbocycles. The maximum Gasteiger partial charge on any atom is 0.349 e. The molecule has 2 aromatic carbocycles. The molecule has 5 aromatic rings. The molecule has 0 bridgehead atoms. The van der Waals surface area contributed by atoms with Gasteiger partial charge in [-0.3, -0.25) is 4.90 Å². The van der Waals surface area contributed by atoms with Gasteiger partial charge in [-0.25, -0.2) is 23.2 Å². The van der Waals surface area contributed by atoms with Crippen molar-refractivity contribution >= 4 is 27.5 Å². The predicted molar refractivity (Wildman–Crippen MR) is 157 cm³/mol. The summed E-state index contributed by atoms with van der Waals surface area (Å²) in [5, 5.41) is 15.5. The molecule has 6 heterocycles. The van der Waals surface area contributed by atoms with Crippen LogP contribution in [0.2, 0.25) is 0 Å². The Morgan fingerprint density at radius 3 is 2.95 bits per heavy atom. The lowest BCUT2D eigenvalue weighted by Crippen LogP contribution is -2.43. The topological polar surface area (TPSA) is 123 Å². The highest BCUT2D eigenvalue weighted by molar-refractivity contribution is 6.00. The van der Waals surface area contributed by atoms with E-state index in [1.165, 1.54) is 24.5 Å². The highest BCUT2D eigenvalue weighted by Gasteiger charge is 2.49. The maximum atomic E-state index is 15.2. The number of rotatable bonds is 5. The largest absolute Gasteiger partial charge is 0.508 e. The van der Waals surface area contributed by atoms with Crippen molar-refractivity contribution in [2.24, 2.45) is 0 Å². The van der Waals surface area contributed by atoms with Crippen LogP contribution in [0, 0.1) is 12.7 Å². The summed E-state index contributed by atoms with van der Waals surface area (Å²) in [4.78, 5) is 31.6. The zero-order chi connectivity index (χ0) is 30.2. The van der Waals surface area contributed by atoms with Crippen LogP contribution in [-0.2, 0) is 13.1 Å². The van der Waals surface area contributed by atoms with E-state index in [0.717, 1.165) is 19.4 Å². The van der Waals surface area contributed by atoms with Gasteiger partial charge in [-0.05, 0) is 49.9 Å². The number of hydrogen-bond acceptors (Lipinski definition) is 10. The van der Waals surface area contributed by atoms with E-state index in [9.17, 15) is 14.3 Å². The fraction of sp³-hybridized carbons (Fsp3) is 0.387. The Morgan fingerprint density at radius 1 is 1.18 bits per heavy atom. The van der Waals surface area contributed by atoms with Gasteiger partial charge in [0.1, 0.15) is 47.6 Å². The third kappa shape index (κ3) is 4.20. The summed E-state index contributed by atoms with van der Waals surface area (Å²) in [7, 11) is 0. The molecular formula is C31H29F2N7O4. The molecule has 3 aliphatic heterocycles. The summed E-state index contributed by atoms with van der Waals surface area (Å²) in [6.07, 6.45) is 2.74. The molecule has 0 spiro atoms. The maximum absolute atomic E-state index is 15.2. The van der Waals surface area contributed by atoms with E-state index in [1.807, 2.05) is 4.90 Å². The second-order valence-electron chi connectivity index (χ2n) is 11.9. The number of phenolic OH excluding ortho intramolecular Hbond substituents is 1. The van der Waals surface area contributed by atoms with Crippen LogP contribution in [-0.4, -0.2) is 72.7 Å². The van der Waals surface area contributed by atoms with Gasteiger partial charge >= 0.3 is 11.6 Å². The van der Waals surface area contributed by atoms with E-state index in [-0.39, 0.29) is 46.0 Å². The van der Waals surface area contributed by atoms with Gasteiger partial charge in [0, 0.05) is 36.0 Å². The number of nitrogens with zero attached hydrogens (tertiary/aromatic N) is 7. The van der Waals surface area contributed by atoms with Crippen molar-refractivity contribution in [3.05, 3.63) is 64.3 Å². The van der Waals surface area contributed by atoms with Crippen LogP contribution in [0.15, 0.2) is 45.9 Å². The van der Waals surface area contributed by atoms with E-state index in [2.05, 4.69) is 15.0 Å². The highest BCUT2D eigenvalue weighted by Crippen LogP contribution is 2.41. The monoisotopic (exact) mass is 601 g/mol. The second kappa shape index (κ2) is 9.94. The van der Waals surface area contributed by atoms with Crippen molar-refractivity contribution in [2.45, 2.75) is 51.0 Å². The van der Waals surface area contributed by atoms with Crippen LogP contribution in [0.1, 0.15) is 30.7 Å². The first-order chi connectivity index (χ1) is 21.3. The van der Waals surface area contributed by atoms with Gasteiger partial charge in [-0.2, -0.15) is 15.1 Å². The Kier molecular flexibility index (Phi) is 6.09. The van der Waals surface area contributed by atoms with E-state index >= 15 is 4.39 Å². The number of aromatic hydroxyl groups is 1. The van der Waals surface area contributed by atoms with E-state index in [0.29, 0.717) is 55.2 Å². The fourth-order valence-corrected chi connectivity index (χ4v) is 7.20. The third-order valence-electron chi connectivity index (χ3n) is 9.26. The molecule has 8 rings (SSSR count). The first-order valence-electron chi connectivity index (χ1n) is 14.7. The summed E-state index contributed by atoms with van der Waals surface area (Å²) < 4.78 is 43.6. The molecule has 1 N–H and O–H groups in total. The van der Waals surface area contributed by atoms with Crippen molar-refractivity contribution in [2.75, 3.05) is 31.1 Å². The minimum Gasteiger partial charge on any atom is -0.508 e. The van der Waals surface area contributed by atoms with Crippen LogP contribution in [0.4, 0.5) is 14.6 Å². The van der Waals surface area contributed by atoms with E-state index in [1.54, 1.807) is 23.7 Å². The molecule has 2 saturated heterocycles. The predicted octanol–water partition coefficient (Wildman–Crippen LogP) is 4.12. The zero-order valence-electron chi connectivity index (χ0n) is 24.0. The molecule has 0 aliphatic carbocycles. The number of fused-ring (bicyclic) bond motifs is 4. The lowest BCUT2D eigenvalue weighted by atomic mass is 9.95. The number of hydrogen-bond donors (Lipinski definition) is 1. The molecule has 226 valence electrons. The number of anilines is 1. The molecule has 3 aromatic heterocycles. The quantitative estimate of drug-likeness (QED) is 0.315. The van der Waals surface area contributed by atoms with Crippen LogP contribution >= 0.6 is 0 Å². The normalized spacial score (nSPS) is 21.7. The number of ether oxygens (including phenoxy) is 1. The van der Waals surface area contributed by atoms with Gasteiger partial charge in [-0.15, -0.1) is 0 Å². The lowest BCUT2D eigenvalue weighted by Gasteiger charge is -2.31. The van der Waals surface area contributed by atoms with E-state index in [4.69, 9.17) is 19.1 Å². The number of phenols is 1. The summed E-state index contributed by atoms with van der Waals surface area (Å²) >= 11 is 0. The van der Waals surface area contributed by atoms with E-state index < -0.39 is 23.2 Å². The average Bonchev–Trinajstić information content (AvgIpc) is 3.71. The van der Waals surface area contributed by atoms with Crippen molar-refractivity contribution in [1.29, 1.82) is 0 Å². The standard InChI is InChI=1S/C31H29F2N7O4/c1-17-26-25(29(42)44-27(17)21-11-20(41)10-18-4-2-5-22(33)24(18)21)28(38-8-9-40-23(14-38)34-16-35-40)37-30(36-26)43-15-31-6-3-7-39(31)13-19(32)12-31/h2,4-5,10-11,16,19,41H,3,6-9,12-15H2,1H3/t19-,31+/m1/s1. The van der Waals surface area contributed by atoms with Gasteiger partial charge in [0.15, 0.2) is 5.82 Å². The number of benzene rings is 2. The van der Waals surface area contributed by atoms with Gasteiger partial charge in [0.05, 0.1) is 24.1 Å². The van der Waals surface area contributed by atoms with Crippen LogP contribution in [0.3, 0.4) is 0 Å². The van der Waals surface area contributed by atoms with Crippen molar-refractivity contribution in [1.82, 2.24) is 29.6 Å². The second-order valence-corrected chi connectivity index (χ2v) is 11.9. The van der Waals surface area contributed by atoms with Crippen LogP contribution in [0.25, 0.3) is 33.0 Å². The number of alkyl halides is 1. The smallest absolute Gasteiger partial charge is 0.349 e. The van der Waals surface area contributed by atoms with Crippen molar-refractivity contribution < 1.29 is 23.0 Å². The Bertz CT molecular complexity index is 2010. The molecule has 2 atom stereocenters. The van der Waals surface area contributed by atoms with Crippen LogP contribution in [0.5, 0.6) is 11.8 Å². The first kappa shape index (κ1) is 26.9. The molecule has 0 radical (unpaired) electrons. The molecule has 13 heteroatoms. The number of aryl methyl sites for hydroxylation is 1. The Balaban J connectivity index is 1.30. The summed E-state index contributed by atoms with van der Waals surface area (Å²) in [6, 6.07) is 7.42. The molecule has 3 aliphatic rings. The molecule has 0 amide bonds. The average molecular weight is 602 g/mol. The highest BCUT2D eigenvalue weighted by atomic mass is 19.1. The van der Waals surface area contributed by atoms with Gasteiger partial charge < -0.3 is 19.2 Å².